The van der Waals surface area contributed by atoms with Crippen LogP contribution in [0, 0.1) is 11.3 Å². The Labute approximate surface area is 249 Å². The summed E-state index contributed by atoms with van der Waals surface area (Å²) in [5.41, 5.74) is -0.102. The van der Waals surface area contributed by atoms with E-state index in [9.17, 15) is 28.8 Å². The zero-order valence-electron chi connectivity index (χ0n) is 26.5. The van der Waals surface area contributed by atoms with Gasteiger partial charge in [0.2, 0.25) is 11.8 Å². The smallest absolute Gasteiger partial charge is 0.408 e. The van der Waals surface area contributed by atoms with Crippen LogP contribution >= 0.6 is 0 Å². The molecule has 238 valence electrons. The van der Waals surface area contributed by atoms with Gasteiger partial charge in [0.1, 0.15) is 18.2 Å². The van der Waals surface area contributed by atoms with E-state index in [1.165, 1.54) is 0 Å². The van der Waals surface area contributed by atoms with Gasteiger partial charge in [0.15, 0.2) is 11.6 Å². The number of esters is 1. The van der Waals surface area contributed by atoms with E-state index in [1.54, 1.807) is 27.7 Å². The molecule has 0 spiro atoms. The van der Waals surface area contributed by atoms with Crippen molar-refractivity contribution in [2.75, 3.05) is 26.2 Å². The predicted molar refractivity (Wildman–Crippen MR) is 157 cm³/mol. The zero-order chi connectivity index (χ0) is 32.1. The summed E-state index contributed by atoms with van der Waals surface area (Å²) >= 11 is 0. The molecule has 0 heterocycles. The Morgan fingerprint density at radius 1 is 0.905 bits per heavy atom. The second kappa shape index (κ2) is 16.9. The molecule has 0 aliphatic heterocycles. The molecule has 1 saturated carbocycles. The summed E-state index contributed by atoms with van der Waals surface area (Å²) in [6.45, 7) is 14.5. The molecule has 0 aromatic heterocycles. The number of ketones is 2. The first-order chi connectivity index (χ1) is 19.4. The van der Waals surface area contributed by atoms with Crippen molar-refractivity contribution >= 4 is 35.4 Å². The van der Waals surface area contributed by atoms with Crippen molar-refractivity contribution in [1.29, 1.82) is 0 Å². The van der Waals surface area contributed by atoms with Gasteiger partial charge in [-0.05, 0) is 64.7 Å². The highest BCUT2D eigenvalue weighted by Gasteiger charge is 2.37. The number of hydrogen-bond donors (Lipinski definition) is 4. The van der Waals surface area contributed by atoms with Crippen molar-refractivity contribution < 1.29 is 38.2 Å². The number of alkyl carbamates (subject to hydrolysis) is 1. The quantitative estimate of drug-likeness (QED) is 0.0964. The summed E-state index contributed by atoms with van der Waals surface area (Å²) in [5, 5.41) is 10.6. The number of amides is 3. The molecule has 0 radical (unpaired) electrons. The van der Waals surface area contributed by atoms with Crippen LogP contribution in [0.4, 0.5) is 4.79 Å². The Bertz CT molecular complexity index is 1000. The molecule has 12 heteroatoms. The van der Waals surface area contributed by atoms with Gasteiger partial charge in [-0.2, -0.15) is 0 Å². The Hall–Kier alpha value is -3.44. The van der Waals surface area contributed by atoms with Crippen LogP contribution in [0.15, 0.2) is 11.3 Å². The number of rotatable bonds is 15. The van der Waals surface area contributed by atoms with Crippen LogP contribution < -0.4 is 21.3 Å². The van der Waals surface area contributed by atoms with Gasteiger partial charge in [-0.25, -0.2) is 9.59 Å². The SMILES string of the molecule is CCOC(=O)[C@H](CCCCNC(CC(C)C)=C1C(=O)CC(C)(C)CC1=O)NC(=O)CNC(=O)CNC(=O)OC(C)(C)C. The third-order valence-electron chi connectivity index (χ3n) is 6.15. The third kappa shape index (κ3) is 14.5. The maximum atomic E-state index is 12.8. The molecule has 0 saturated heterocycles. The maximum Gasteiger partial charge on any atom is 0.408 e. The van der Waals surface area contributed by atoms with Gasteiger partial charge >= 0.3 is 12.1 Å². The van der Waals surface area contributed by atoms with Gasteiger partial charge < -0.3 is 30.7 Å². The number of nitrogens with one attached hydrogen (secondary N) is 4. The molecule has 3 amide bonds. The minimum absolute atomic E-state index is 0.128. The molecule has 0 unspecified atom stereocenters. The molecule has 42 heavy (non-hydrogen) atoms. The summed E-state index contributed by atoms with van der Waals surface area (Å²) in [5.74, 6) is -1.78. The van der Waals surface area contributed by atoms with Crippen LogP contribution in [-0.4, -0.2) is 73.3 Å². The van der Waals surface area contributed by atoms with E-state index in [-0.39, 0.29) is 41.6 Å². The number of ether oxygens (including phenoxy) is 2. The fraction of sp³-hybridized carbons (Fsp3) is 0.733. The summed E-state index contributed by atoms with van der Waals surface area (Å²) in [6, 6.07) is -0.911. The topological polar surface area (TPSA) is 169 Å². The van der Waals surface area contributed by atoms with Crippen LogP contribution in [0.2, 0.25) is 0 Å². The zero-order valence-corrected chi connectivity index (χ0v) is 26.5. The summed E-state index contributed by atoms with van der Waals surface area (Å²) < 4.78 is 10.1. The lowest BCUT2D eigenvalue weighted by Crippen LogP contribution is -2.47. The predicted octanol–water partition coefficient (Wildman–Crippen LogP) is 2.69. The van der Waals surface area contributed by atoms with E-state index in [0.717, 1.165) is 0 Å². The van der Waals surface area contributed by atoms with Gasteiger partial charge in [-0.1, -0.05) is 27.7 Å². The van der Waals surface area contributed by atoms with E-state index in [4.69, 9.17) is 9.47 Å². The van der Waals surface area contributed by atoms with Crippen molar-refractivity contribution in [3.05, 3.63) is 11.3 Å². The van der Waals surface area contributed by atoms with Gasteiger partial charge in [0.05, 0.1) is 18.7 Å². The first kappa shape index (κ1) is 36.6. The summed E-state index contributed by atoms with van der Waals surface area (Å²) in [6.07, 6.45) is 1.94. The largest absolute Gasteiger partial charge is 0.464 e. The Kier molecular flexibility index (Phi) is 14.7. The fourth-order valence-electron chi connectivity index (χ4n) is 4.43. The van der Waals surface area contributed by atoms with Crippen molar-refractivity contribution in [2.45, 2.75) is 106 Å². The number of Topliss-reactive ketones (excluding diaryl/α,β-unsaturated/α-hetero) is 2. The van der Waals surface area contributed by atoms with Crippen LogP contribution in [0.25, 0.3) is 0 Å². The normalized spacial score (nSPS) is 15.5. The van der Waals surface area contributed by atoms with Crippen LogP contribution in [-0.2, 0) is 33.4 Å². The van der Waals surface area contributed by atoms with Gasteiger partial charge in [-0.3, -0.25) is 19.2 Å². The maximum absolute atomic E-state index is 12.8. The van der Waals surface area contributed by atoms with E-state index in [0.29, 0.717) is 50.8 Å². The molecule has 0 aromatic carbocycles. The second-order valence-electron chi connectivity index (χ2n) is 12.7. The van der Waals surface area contributed by atoms with Crippen molar-refractivity contribution in [1.82, 2.24) is 21.3 Å². The number of carbonyl (C=O) groups is 6. The molecule has 1 fully saturated rings. The molecule has 1 aliphatic rings. The van der Waals surface area contributed by atoms with E-state index >= 15 is 0 Å². The van der Waals surface area contributed by atoms with Gasteiger partial charge in [0, 0.05) is 25.1 Å². The second-order valence-corrected chi connectivity index (χ2v) is 12.7. The lowest BCUT2D eigenvalue weighted by atomic mass is 9.73. The molecular formula is C30H50N4O8. The minimum Gasteiger partial charge on any atom is -0.464 e. The average Bonchev–Trinajstić information content (AvgIpc) is 2.82. The highest BCUT2D eigenvalue weighted by atomic mass is 16.6. The fourth-order valence-corrected chi connectivity index (χ4v) is 4.43. The van der Waals surface area contributed by atoms with Crippen LogP contribution in [0.5, 0.6) is 0 Å². The molecule has 1 rings (SSSR count). The van der Waals surface area contributed by atoms with E-state index in [2.05, 4.69) is 21.3 Å². The average molecular weight is 595 g/mol. The monoisotopic (exact) mass is 594 g/mol. The molecule has 0 aromatic rings. The number of carbonyl (C=O) groups excluding carboxylic acids is 6. The Morgan fingerprint density at radius 2 is 1.50 bits per heavy atom. The first-order valence-electron chi connectivity index (χ1n) is 14.7. The molecule has 1 aliphatic carbocycles. The van der Waals surface area contributed by atoms with E-state index < -0.39 is 42.1 Å². The lowest BCUT2D eigenvalue weighted by molar-refractivity contribution is -0.147. The Balaban J connectivity index is 2.63. The molecule has 12 nitrogen and oxygen atoms in total. The molecule has 1 atom stereocenters. The molecule has 4 N–H and O–H groups in total. The van der Waals surface area contributed by atoms with Crippen molar-refractivity contribution in [2.24, 2.45) is 11.3 Å². The summed E-state index contributed by atoms with van der Waals surface area (Å²) in [7, 11) is 0. The van der Waals surface area contributed by atoms with Crippen LogP contribution in [0.1, 0.15) is 93.9 Å². The first-order valence-corrected chi connectivity index (χ1v) is 14.7. The Morgan fingerprint density at radius 3 is 2.05 bits per heavy atom. The lowest BCUT2D eigenvalue weighted by Gasteiger charge is -2.30. The van der Waals surface area contributed by atoms with Gasteiger partial charge in [-0.15, -0.1) is 0 Å². The third-order valence-corrected chi connectivity index (χ3v) is 6.15. The van der Waals surface area contributed by atoms with Gasteiger partial charge in [0.25, 0.3) is 0 Å². The highest BCUT2D eigenvalue weighted by molar-refractivity contribution is 6.22. The molecule has 0 bridgehead atoms. The number of allylic oxidation sites excluding steroid dienone is 2. The summed E-state index contributed by atoms with van der Waals surface area (Å²) in [4.78, 5) is 74.2. The highest BCUT2D eigenvalue weighted by Crippen LogP contribution is 2.35. The van der Waals surface area contributed by atoms with Crippen molar-refractivity contribution in [3.8, 4) is 0 Å². The number of hydrogen-bond acceptors (Lipinski definition) is 9. The van der Waals surface area contributed by atoms with E-state index in [1.807, 2.05) is 27.7 Å². The minimum atomic E-state index is -0.911. The number of unbranched alkanes of at least 4 members (excludes halogenated alkanes) is 1. The molecular weight excluding hydrogens is 544 g/mol. The van der Waals surface area contributed by atoms with Crippen molar-refractivity contribution in [3.63, 3.8) is 0 Å². The van der Waals surface area contributed by atoms with Crippen LogP contribution in [0.3, 0.4) is 0 Å². The standard InChI is InChI=1S/C30H50N4O8/c1-9-41-27(39)20(34-25(38)18-32-24(37)17-33-28(40)42-29(4,5)6)12-10-11-13-31-21(14-19(2)3)26-22(35)15-30(7,8)16-23(26)36/h19-20,31H,9-18H2,1-8H3,(H,32,37)(H,33,40)(H,34,38)/t20-/m0/s1.